The first-order valence-electron chi connectivity index (χ1n) is 19.2. The van der Waals surface area contributed by atoms with Crippen molar-refractivity contribution in [2.24, 2.45) is 23.5 Å². The SMILES string of the molecule is NC1CCN(C(=O)Oc2ccc(C3CCC[C@@]4(C3)CC3(OO4)C4CC5CC3CC(NC(=O)CCCNC(=O)c3ccc(F)cc3)(C5)C4)cc2)CC1. The Morgan fingerprint density at radius 3 is 2.37 bits per heavy atom. The summed E-state index contributed by atoms with van der Waals surface area (Å²) >= 11 is 0. The highest BCUT2D eigenvalue weighted by molar-refractivity contribution is 5.94. The van der Waals surface area contributed by atoms with Gasteiger partial charge in [-0.15, -0.1) is 0 Å². The fourth-order valence-electron chi connectivity index (χ4n) is 10.8. The third-order valence-corrected chi connectivity index (χ3v) is 13.1. The Morgan fingerprint density at radius 2 is 1.65 bits per heavy atom. The van der Waals surface area contributed by atoms with E-state index in [0.717, 1.165) is 77.0 Å². The lowest BCUT2D eigenvalue weighted by Crippen LogP contribution is -2.68. The van der Waals surface area contributed by atoms with Gasteiger partial charge in [0.2, 0.25) is 5.91 Å². The molecule has 3 amide bonds. The molecule has 4 N–H and O–H groups in total. The van der Waals surface area contributed by atoms with E-state index in [4.69, 9.17) is 20.2 Å². The monoisotopic (exact) mass is 702 g/mol. The van der Waals surface area contributed by atoms with Gasteiger partial charge in [0, 0.05) is 49.6 Å². The standard InChI is InChI=1S/C40H51FN4O6/c41-32-9-5-28(6-10-32)36(47)43-16-2-4-35(46)44-38-21-26-19-30(23-38)40(31(20-26)24-38)25-39(50-51-40)15-1-3-29(22-39)27-7-11-34(12-8-27)49-37(48)45-17-13-33(42)14-18-45/h5-12,26,29-31,33H,1-4,13-25,42H2,(H,43,47)(H,44,46)/t26?,29?,30?,31?,38?,39-,40?/m1/s1. The van der Waals surface area contributed by atoms with Crippen LogP contribution in [0.4, 0.5) is 9.18 Å². The minimum absolute atomic E-state index is 0.0363. The molecule has 0 aromatic heterocycles. The van der Waals surface area contributed by atoms with Gasteiger partial charge in [-0.2, -0.15) is 0 Å². The molecule has 274 valence electrons. The first-order valence-corrected chi connectivity index (χ1v) is 19.2. The van der Waals surface area contributed by atoms with E-state index in [-0.39, 0.29) is 46.5 Å². The van der Waals surface area contributed by atoms with Crippen molar-refractivity contribution >= 4 is 17.9 Å². The average Bonchev–Trinajstić information content (AvgIpc) is 3.48. The van der Waals surface area contributed by atoms with E-state index in [2.05, 4.69) is 22.8 Å². The van der Waals surface area contributed by atoms with Gasteiger partial charge < -0.3 is 26.0 Å². The number of hydrogen-bond donors (Lipinski definition) is 3. The van der Waals surface area contributed by atoms with Crippen molar-refractivity contribution in [1.29, 1.82) is 0 Å². The molecule has 5 saturated carbocycles. The number of halogens is 1. The number of benzene rings is 2. The van der Waals surface area contributed by atoms with E-state index in [1.54, 1.807) is 4.90 Å². The maximum absolute atomic E-state index is 13.2. The second-order valence-corrected chi connectivity index (χ2v) is 16.6. The van der Waals surface area contributed by atoms with Crippen LogP contribution in [0.2, 0.25) is 0 Å². The summed E-state index contributed by atoms with van der Waals surface area (Å²) in [5.74, 6) is 1.58. The number of amides is 3. The lowest BCUT2D eigenvalue weighted by Gasteiger charge is -2.63. The van der Waals surface area contributed by atoms with Crippen molar-refractivity contribution in [3.05, 3.63) is 65.5 Å². The minimum atomic E-state index is -0.382. The molecule has 2 aromatic rings. The lowest BCUT2D eigenvalue weighted by atomic mass is 9.45. The summed E-state index contributed by atoms with van der Waals surface area (Å²) < 4.78 is 18.9. The van der Waals surface area contributed by atoms with Gasteiger partial charge in [-0.05, 0) is 143 Å². The number of ether oxygens (including phenoxy) is 1. The van der Waals surface area contributed by atoms with Crippen LogP contribution in [0.15, 0.2) is 48.5 Å². The Morgan fingerprint density at radius 1 is 0.922 bits per heavy atom. The Kier molecular flexibility index (Phi) is 9.34. The summed E-state index contributed by atoms with van der Waals surface area (Å²) in [6, 6.07) is 13.6. The molecule has 2 aromatic carbocycles. The van der Waals surface area contributed by atoms with Crippen molar-refractivity contribution in [3.8, 4) is 5.75 Å². The van der Waals surface area contributed by atoms with Crippen LogP contribution in [0.1, 0.15) is 112 Å². The fraction of sp³-hybridized carbons (Fsp3) is 0.625. The first kappa shape index (κ1) is 34.5. The Balaban J connectivity index is 0.845. The molecule has 10 nitrogen and oxygen atoms in total. The number of likely N-dealkylation sites (tertiary alicyclic amines) is 1. The second-order valence-electron chi connectivity index (χ2n) is 16.6. The third-order valence-electron chi connectivity index (χ3n) is 13.1. The van der Waals surface area contributed by atoms with Crippen LogP contribution in [0, 0.1) is 23.6 Å². The van der Waals surface area contributed by atoms with Gasteiger partial charge in [-0.25, -0.2) is 19.0 Å². The highest BCUT2D eigenvalue weighted by Gasteiger charge is 2.68. The van der Waals surface area contributed by atoms with E-state index in [0.29, 0.717) is 67.5 Å². The van der Waals surface area contributed by atoms with Crippen LogP contribution in [-0.2, 0) is 14.6 Å². The van der Waals surface area contributed by atoms with Crippen LogP contribution in [-0.4, -0.2) is 65.2 Å². The average molecular weight is 703 g/mol. The predicted molar refractivity (Wildman–Crippen MR) is 187 cm³/mol. The fourth-order valence-corrected chi connectivity index (χ4v) is 10.8. The molecule has 2 saturated heterocycles. The van der Waals surface area contributed by atoms with Gasteiger partial charge in [-0.1, -0.05) is 12.1 Å². The summed E-state index contributed by atoms with van der Waals surface area (Å²) in [5, 5.41) is 6.30. The summed E-state index contributed by atoms with van der Waals surface area (Å²) in [6.45, 7) is 1.65. The van der Waals surface area contributed by atoms with Crippen molar-refractivity contribution in [3.63, 3.8) is 0 Å². The van der Waals surface area contributed by atoms with E-state index in [1.807, 2.05) is 12.1 Å². The largest absolute Gasteiger partial charge is 0.415 e. The highest BCUT2D eigenvalue weighted by atomic mass is 19.1. The summed E-state index contributed by atoms with van der Waals surface area (Å²) in [7, 11) is 0. The maximum Gasteiger partial charge on any atom is 0.415 e. The van der Waals surface area contributed by atoms with Crippen molar-refractivity contribution < 1.29 is 33.3 Å². The van der Waals surface area contributed by atoms with Gasteiger partial charge in [0.15, 0.2) is 0 Å². The molecule has 2 spiro atoms. The number of rotatable bonds is 8. The Labute approximate surface area is 299 Å². The zero-order valence-corrected chi connectivity index (χ0v) is 29.4. The van der Waals surface area contributed by atoms with Crippen molar-refractivity contribution in [1.82, 2.24) is 15.5 Å². The van der Waals surface area contributed by atoms with Gasteiger partial charge >= 0.3 is 6.09 Å². The molecule has 2 heterocycles. The zero-order valence-electron chi connectivity index (χ0n) is 29.4. The second kappa shape index (κ2) is 13.8. The molecule has 4 bridgehead atoms. The molecule has 11 heteroatoms. The molecular weight excluding hydrogens is 651 g/mol. The van der Waals surface area contributed by atoms with Crippen LogP contribution in [0.3, 0.4) is 0 Å². The normalized spacial score (nSPS) is 34.2. The van der Waals surface area contributed by atoms with Crippen molar-refractivity contribution in [2.45, 2.75) is 119 Å². The van der Waals surface area contributed by atoms with Gasteiger partial charge in [0.1, 0.15) is 22.8 Å². The number of hydrogen-bond acceptors (Lipinski definition) is 7. The molecule has 4 atom stereocenters. The van der Waals surface area contributed by atoms with E-state index < -0.39 is 0 Å². The highest BCUT2D eigenvalue weighted by Crippen LogP contribution is 2.66. The Bertz CT molecular complexity index is 1600. The predicted octanol–water partition coefficient (Wildman–Crippen LogP) is 6.14. The number of nitrogens with one attached hydrogen (secondary N) is 2. The van der Waals surface area contributed by atoms with E-state index >= 15 is 0 Å². The van der Waals surface area contributed by atoms with Gasteiger partial charge in [0.25, 0.3) is 5.91 Å². The molecule has 9 rings (SSSR count). The smallest absolute Gasteiger partial charge is 0.410 e. The molecule has 51 heavy (non-hydrogen) atoms. The number of carbonyl (C=O) groups excluding carboxylic acids is 3. The molecule has 0 radical (unpaired) electrons. The molecule has 5 aliphatic carbocycles. The Hall–Kier alpha value is -3.54. The topological polar surface area (TPSA) is 132 Å². The van der Waals surface area contributed by atoms with E-state index in [9.17, 15) is 18.8 Å². The number of carbonyl (C=O) groups is 3. The number of nitrogens with two attached hydrogens (primary N) is 1. The number of piperidine rings is 1. The first-order chi connectivity index (χ1) is 24.6. The molecule has 7 fully saturated rings. The van der Waals surface area contributed by atoms with Gasteiger partial charge in [0.05, 0.1) is 0 Å². The van der Waals surface area contributed by atoms with Crippen LogP contribution in [0.5, 0.6) is 5.75 Å². The minimum Gasteiger partial charge on any atom is -0.410 e. The number of nitrogens with zero attached hydrogens (tertiary/aromatic N) is 1. The quantitative estimate of drug-likeness (QED) is 0.223. The van der Waals surface area contributed by atoms with Crippen LogP contribution in [0.25, 0.3) is 0 Å². The van der Waals surface area contributed by atoms with E-state index in [1.165, 1.54) is 29.8 Å². The zero-order chi connectivity index (χ0) is 35.2. The van der Waals surface area contributed by atoms with Crippen LogP contribution < -0.4 is 21.1 Å². The molecular formula is C40H51FN4O6. The summed E-state index contributed by atoms with van der Waals surface area (Å²) in [5.41, 5.74) is 6.82. The lowest BCUT2D eigenvalue weighted by molar-refractivity contribution is -0.386. The molecule has 2 aliphatic heterocycles. The summed E-state index contributed by atoms with van der Waals surface area (Å²) in [6.07, 6.45) is 12.2. The third kappa shape index (κ3) is 7.01. The maximum atomic E-state index is 13.2. The molecule has 3 unspecified atom stereocenters. The summed E-state index contributed by atoms with van der Waals surface area (Å²) in [4.78, 5) is 53.0. The van der Waals surface area contributed by atoms with Gasteiger partial charge in [-0.3, -0.25) is 9.59 Å². The van der Waals surface area contributed by atoms with Crippen molar-refractivity contribution in [2.75, 3.05) is 19.6 Å². The molecule has 7 aliphatic rings. The van der Waals surface area contributed by atoms with Crippen LogP contribution >= 0.6 is 0 Å².